The van der Waals surface area contributed by atoms with Crippen molar-refractivity contribution >= 4 is 17.3 Å². The van der Waals surface area contributed by atoms with Crippen LogP contribution in [0.5, 0.6) is 5.75 Å². The summed E-state index contributed by atoms with van der Waals surface area (Å²) < 4.78 is 5.19. The minimum atomic E-state index is 0.436. The molecule has 0 saturated heterocycles. The van der Waals surface area contributed by atoms with Gasteiger partial charge in [-0.3, -0.25) is 0 Å². The van der Waals surface area contributed by atoms with Crippen molar-refractivity contribution in [2.75, 3.05) is 19.0 Å². The van der Waals surface area contributed by atoms with Gasteiger partial charge in [-0.1, -0.05) is 73.3 Å². The van der Waals surface area contributed by atoms with Gasteiger partial charge in [0.15, 0.2) is 0 Å². The number of nitrogens with one attached hydrogen (secondary N) is 1. The van der Waals surface area contributed by atoms with Crippen molar-refractivity contribution < 1.29 is 4.74 Å². The van der Waals surface area contributed by atoms with Gasteiger partial charge in [-0.2, -0.15) is 0 Å². The highest BCUT2D eigenvalue weighted by atomic mass is 35.5. The normalized spacial score (nSPS) is 11.8. The van der Waals surface area contributed by atoms with Crippen molar-refractivity contribution in [1.29, 1.82) is 0 Å². The summed E-state index contributed by atoms with van der Waals surface area (Å²) in [6.45, 7) is 1.01. The average Bonchev–Trinajstić information content (AvgIpc) is 2.77. The second-order valence-corrected chi connectivity index (χ2v) is 7.81. The minimum Gasteiger partial charge on any atom is -0.497 e. The van der Waals surface area contributed by atoms with Crippen LogP contribution < -0.4 is 10.1 Å². The lowest BCUT2D eigenvalue weighted by Crippen LogP contribution is -2.03. The Morgan fingerprint density at radius 1 is 0.759 bits per heavy atom. The molecule has 0 aliphatic carbocycles. The molecule has 29 heavy (non-hydrogen) atoms. The summed E-state index contributed by atoms with van der Waals surface area (Å²) in [5.74, 6) is 1.33. The zero-order chi connectivity index (χ0) is 20.3. The number of unbranched alkanes of at least 4 members (excludes halogenated alkanes) is 3. The molecule has 3 rings (SSSR count). The molecule has 3 aromatic carbocycles. The van der Waals surface area contributed by atoms with Crippen LogP contribution in [0.4, 0.5) is 5.69 Å². The van der Waals surface area contributed by atoms with Gasteiger partial charge in [-0.05, 0) is 60.4 Å². The first-order chi connectivity index (χ1) is 14.3. The predicted molar refractivity (Wildman–Crippen MR) is 124 cm³/mol. The molecule has 0 bridgehead atoms. The molecule has 0 saturated carbocycles. The number of hydrogen-bond acceptors (Lipinski definition) is 2. The van der Waals surface area contributed by atoms with E-state index in [1.807, 2.05) is 24.3 Å². The first-order valence-electron chi connectivity index (χ1n) is 10.4. The summed E-state index contributed by atoms with van der Waals surface area (Å²) in [5.41, 5.74) is 3.88. The highest BCUT2D eigenvalue weighted by Gasteiger charge is 2.13. The van der Waals surface area contributed by atoms with E-state index in [2.05, 4.69) is 59.9 Å². The van der Waals surface area contributed by atoms with Crippen LogP contribution in [-0.4, -0.2) is 13.7 Å². The monoisotopic (exact) mass is 407 g/mol. The summed E-state index contributed by atoms with van der Waals surface area (Å²) in [4.78, 5) is 0. The Labute approximate surface area is 179 Å². The summed E-state index contributed by atoms with van der Waals surface area (Å²) in [7, 11) is 1.69. The first kappa shape index (κ1) is 21.3. The molecular formula is C26H30ClNO. The molecule has 0 heterocycles. The fourth-order valence-corrected chi connectivity index (χ4v) is 3.80. The number of methoxy groups -OCH3 is 1. The molecule has 152 valence electrons. The van der Waals surface area contributed by atoms with Crippen LogP contribution >= 0.6 is 11.6 Å². The third-order valence-corrected chi connectivity index (χ3v) is 5.57. The summed E-state index contributed by atoms with van der Waals surface area (Å²) >= 11 is 6.08. The van der Waals surface area contributed by atoms with Gasteiger partial charge in [0.1, 0.15) is 5.75 Å². The van der Waals surface area contributed by atoms with Crippen LogP contribution in [0.1, 0.15) is 49.1 Å². The zero-order valence-electron chi connectivity index (χ0n) is 17.1. The molecule has 0 amide bonds. The predicted octanol–water partition coefficient (Wildman–Crippen LogP) is 7.54. The van der Waals surface area contributed by atoms with E-state index in [-0.39, 0.29) is 0 Å². The van der Waals surface area contributed by atoms with Gasteiger partial charge in [-0.15, -0.1) is 0 Å². The molecule has 0 aliphatic rings. The lowest BCUT2D eigenvalue weighted by molar-refractivity contribution is 0.415. The molecule has 1 unspecified atom stereocenters. The molecule has 1 atom stereocenters. The molecule has 1 N–H and O–H groups in total. The SMILES string of the molecule is COc1ccc(NCCCCCCC(c2ccccc2)c2ccc(Cl)cc2)cc1. The van der Waals surface area contributed by atoms with Gasteiger partial charge in [0.05, 0.1) is 7.11 Å². The van der Waals surface area contributed by atoms with Gasteiger partial charge in [0.25, 0.3) is 0 Å². The van der Waals surface area contributed by atoms with Crippen LogP contribution in [0.15, 0.2) is 78.9 Å². The Bertz CT molecular complexity index is 831. The van der Waals surface area contributed by atoms with Crippen molar-refractivity contribution in [2.24, 2.45) is 0 Å². The van der Waals surface area contributed by atoms with E-state index in [9.17, 15) is 0 Å². The summed E-state index contributed by atoms with van der Waals surface area (Å²) in [6.07, 6.45) is 6.07. The van der Waals surface area contributed by atoms with Crippen molar-refractivity contribution in [3.63, 3.8) is 0 Å². The standard InChI is InChI=1S/C26H30ClNO/c1-29-25-18-16-24(17-19-25)28-20-8-3-2-7-11-26(21-9-5-4-6-10-21)22-12-14-23(27)15-13-22/h4-6,9-10,12-19,26,28H,2-3,7-8,11,20H2,1H3. The number of benzene rings is 3. The van der Waals surface area contributed by atoms with Gasteiger partial charge >= 0.3 is 0 Å². The number of halogens is 1. The van der Waals surface area contributed by atoms with Crippen LogP contribution in [-0.2, 0) is 0 Å². The van der Waals surface area contributed by atoms with Crippen LogP contribution in [0.2, 0.25) is 5.02 Å². The van der Waals surface area contributed by atoms with E-state index in [4.69, 9.17) is 16.3 Å². The molecule has 0 fully saturated rings. The molecule has 0 spiro atoms. The fourth-order valence-electron chi connectivity index (χ4n) is 3.67. The Morgan fingerprint density at radius 2 is 1.41 bits per heavy atom. The minimum absolute atomic E-state index is 0.436. The Balaban J connectivity index is 1.42. The van der Waals surface area contributed by atoms with Gasteiger partial charge in [-0.25, -0.2) is 0 Å². The summed E-state index contributed by atoms with van der Waals surface area (Å²) in [5, 5.41) is 4.28. The fraction of sp³-hybridized carbons (Fsp3) is 0.308. The third-order valence-electron chi connectivity index (χ3n) is 5.31. The number of hydrogen-bond donors (Lipinski definition) is 1. The largest absolute Gasteiger partial charge is 0.497 e. The summed E-state index contributed by atoms with van der Waals surface area (Å²) in [6, 6.07) is 27.2. The van der Waals surface area contributed by atoms with Crippen molar-refractivity contribution in [2.45, 2.75) is 38.0 Å². The highest BCUT2D eigenvalue weighted by Crippen LogP contribution is 2.30. The maximum absolute atomic E-state index is 6.08. The first-order valence-corrected chi connectivity index (χ1v) is 10.8. The second kappa shape index (κ2) is 11.5. The van der Waals surface area contributed by atoms with Gasteiger partial charge in [0, 0.05) is 23.2 Å². The van der Waals surface area contributed by atoms with Crippen LogP contribution in [0, 0.1) is 0 Å². The topological polar surface area (TPSA) is 21.3 Å². The molecule has 0 aromatic heterocycles. The Hall–Kier alpha value is -2.45. The molecule has 0 radical (unpaired) electrons. The van der Waals surface area contributed by atoms with Crippen LogP contribution in [0.3, 0.4) is 0 Å². The average molecular weight is 408 g/mol. The third kappa shape index (κ3) is 6.83. The number of ether oxygens (including phenoxy) is 1. The lowest BCUT2D eigenvalue weighted by Gasteiger charge is -2.18. The van der Waals surface area contributed by atoms with Crippen LogP contribution in [0.25, 0.3) is 0 Å². The van der Waals surface area contributed by atoms with Crippen molar-refractivity contribution in [1.82, 2.24) is 0 Å². The van der Waals surface area contributed by atoms with Crippen molar-refractivity contribution in [3.8, 4) is 5.75 Å². The Morgan fingerprint density at radius 3 is 2.10 bits per heavy atom. The van der Waals surface area contributed by atoms with E-state index < -0.39 is 0 Å². The zero-order valence-corrected chi connectivity index (χ0v) is 17.9. The van der Waals surface area contributed by atoms with E-state index in [1.54, 1.807) is 7.11 Å². The van der Waals surface area contributed by atoms with Gasteiger partial charge < -0.3 is 10.1 Å². The van der Waals surface area contributed by atoms with E-state index >= 15 is 0 Å². The molecular weight excluding hydrogens is 378 g/mol. The Kier molecular flexibility index (Phi) is 8.45. The maximum Gasteiger partial charge on any atom is 0.119 e. The maximum atomic E-state index is 6.08. The molecule has 3 aromatic rings. The second-order valence-electron chi connectivity index (χ2n) is 7.37. The quantitative estimate of drug-likeness (QED) is 0.331. The molecule has 2 nitrogen and oxygen atoms in total. The molecule has 3 heteroatoms. The molecule has 0 aliphatic heterocycles. The smallest absolute Gasteiger partial charge is 0.119 e. The van der Waals surface area contributed by atoms with E-state index in [0.29, 0.717) is 5.92 Å². The lowest BCUT2D eigenvalue weighted by atomic mass is 9.87. The number of anilines is 1. The van der Waals surface area contributed by atoms with E-state index in [1.165, 1.54) is 36.8 Å². The van der Waals surface area contributed by atoms with Crippen molar-refractivity contribution in [3.05, 3.63) is 95.0 Å². The van der Waals surface area contributed by atoms with E-state index in [0.717, 1.165) is 29.4 Å². The van der Waals surface area contributed by atoms with Gasteiger partial charge in [0.2, 0.25) is 0 Å². The highest BCUT2D eigenvalue weighted by molar-refractivity contribution is 6.30. The number of rotatable bonds is 11.